The predicted molar refractivity (Wildman–Crippen MR) is 60.9 cm³/mol. The number of nitrogens with zero attached hydrogens (tertiary/aromatic N) is 1. The molecule has 3 heteroatoms. The van der Waals surface area contributed by atoms with E-state index < -0.39 is 0 Å². The van der Waals surface area contributed by atoms with E-state index in [0.717, 1.165) is 38.6 Å². The quantitative estimate of drug-likeness (QED) is 0.671. The normalized spacial score (nSPS) is 21.5. The van der Waals surface area contributed by atoms with Gasteiger partial charge in [-0.2, -0.15) is 0 Å². The molecule has 3 nitrogen and oxygen atoms in total. The maximum absolute atomic E-state index is 11.7. The summed E-state index contributed by atoms with van der Waals surface area (Å²) in [7, 11) is 0. The number of likely N-dealkylation sites (tertiary alicyclic amines) is 1. The number of carbonyl (C=O) groups excluding carboxylic acids is 1. The van der Waals surface area contributed by atoms with Gasteiger partial charge in [-0.15, -0.1) is 0 Å². The Bertz CT molecular complexity index is 194. The van der Waals surface area contributed by atoms with Gasteiger partial charge in [0.05, 0.1) is 6.61 Å². The lowest BCUT2D eigenvalue weighted by molar-refractivity contribution is 0.0761. The number of piperidine rings is 1. The third-order valence-corrected chi connectivity index (χ3v) is 3.01. The fourth-order valence-electron chi connectivity index (χ4n) is 1.96. The van der Waals surface area contributed by atoms with Crippen molar-refractivity contribution in [2.75, 3.05) is 13.2 Å². The standard InChI is InChI=1S/C12H23NO2/c1-3-4-7-10-15-12(14)13-9-6-5-8-11(13)2/h11H,3-10H2,1-2H3/t11-/m1/s1. The zero-order valence-electron chi connectivity index (χ0n) is 10.00. The van der Waals surface area contributed by atoms with Crippen LogP contribution in [0.2, 0.25) is 0 Å². The second-order valence-electron chi connectivity index (χ2n) is 4.36. The summed E-state index contributed by atoms with van der Waals surface area (Å²) in [6.45, 7) is 5.70. The second-order valence-corrected chi connectivity index (χ2v) is 4.36. The molecule has 0 aliphatic carbocycles. The van der Waals surface area contributed by atoms with Crippen molar-refractivity contribution in [3.63, 3.8) is 0 Å². The molecule has 0 aromatic carbocycles. The maximum Gasteiger partial charge on any atom is 0.409 e. The van der Waals surface area contributed by atoms with Gasteiger partial charge in [0.2, 0.25) is 0 Å². The Labute approximate surface area is 92.8 Å². The lowest BCUT2D eigenvalue weighted by Crippen LogP contribution is -2.42. The smallest absolute Gasteiger partial charge is 0.409 e. The van der Waals surface area contributed by atoms with Crippen molar-refractivity contribution in [3.8, 4) is 0 Å². The van der Waals surface area contributed by atoms with Crippen molar-refractivity contribution in [1.29, 1.82) is 0 Å². The Balaban J connectivity index is 2.20. The molecule has 1 fully saturated rings. The van der Waals surface area contributed by atoms with Crippen LogP contribution in [0, 0.1) is 0 Å². The van der Waals surface area contributed by atoms with Gasteiger partial charge in [0.25, 0.3) is 0 Å². The van der Waals surface area contributed by atoms with E-state index in [1.54, 1.807) is 0 Å². The first kappa shape index (κ1) is 12.3. The summed E-state index contributed by atoms with van der Waals surface area (Å²) in [4.78, 5) is 13.5. The van der Waals surface area contributed by atoms with Crippen molar-refractivity contribution in [2.24, 2.45) is 0 Å². The molecule has 0 spiro atoms. The third kappa shape index (κ3) is 4.10. The summed E-state index contributed by atoms with van der Waals surface area (Å²) >= 11 is 0. The minimum Gasteiger partial charge on any atom is -0.449 e. The summed E-state index contributed by atoms with van der Waals surface area (Å²) < 4.78 is 5.24. The molecular formula is C12H23NO2. The molecule has 1 rings (SSSR count). The Morgan fingerprint density at radius 2 is 2.20 bits per heavy atom. The van der Waals surface area contributed by atoms with E-state index in [4.69, 9.17) is 4.74 Å². The Kier molecular flexibility index (Phi) is 5.51. The predicted octanol–water partition coefficient (Wildman–Crippen LogP) is 3.19. The van der Waals surface area contributed by atoms with E-state index in [0.29, 0.717) is 12.6 Å². The molecule has 0 aromatic heterocycles. The molecule has 15 heavy (non-hydrogen) atoms. The fourth-order valence-corrected chi connectivity index (χ4v) is 1.96. The zero-order valence-corrected chi connectivity index (χ0v) is 10.00. The average Bonchev–Trinajstić information content (AvgIpc) is 2.25. The summed E-state index contributed by atoms with van der Waals surface area (Å²) in [6, 6.07) is 0.359. The lowest BCUT2D eigenvalue weighted by Gasteiger charge is -2.32. The fraction of sp³-hybridized carbons (Fsp3) is 0.917. The topological polar surface area (TPSA) is 29.5 Å². The van der Waals surface area contributed by atoms with Crippen molar-refractivity contribution in [3.05, 3.63) is 0 Å². The van der Waals surface area contributed by atoms with Gasteiger partial charge in [-0.05, 0) is 32.6 Å². The largest absolute Gasteiger partial charge is 0.449 e. The minimum atomic E-state index is -0.113. The van der Waals surface area contributed by atoms with Gasteiger partial charge in [0, 0.05) is 12.6 Å². The monoisotopic (exact) mass is 213 g/mol. The number of ether oxygens (including phenoxy) is 1. The maximum atomic E-state index is 11.7. The molecular weight excluding hydrogens is 190 g/mol. The van der Waals surface area contributed by atoms with Crippen LogP contribution in [-0.4, -0.2) is 30.2 Å². The second kappa shape index (κ2) is 6.70. The number of amides is 1. The number of rotatable bonds is 4. The molecule has 1 aliphatic heterocycles. The first-order valence-electron chi connectivity index (χ1n) is 6.19. The lowest BCUT2D eigenvalue weighted by atomic mass is 10.0. The molecule has 0 saturated carbocycles. The number of hydrogen-bond acceptors (Lipinski definition) is 2. The van der Waals surface area contributed by atoms with Crippen LogP contribution in [-0.2, 0) is 4.74 Å². The van der Waals surface area contributed by atoms with Gasteiger partial charge in [0.15, 0.2) is 0 Å². The summed E-state index contributed by atoms with van der Waals surface area (Å²) in [6.07, 6.45) is 6.66. The molecule has 1 atom stereocenters. The number of carbonyl (C=O) groups is 1. The molecule has 1 aliphatic rings. The van der Waals surface area contributed by atoms with Gasteiger partial charge in [-0.3, -0.25) is 0 Å². The summed E-state index contributed by atoms with van der Waals surface area (Å²) in [5, 5.41) is 0. The van der Waals surface area contributed by atoms with E-state index in [2.05, 4.69) is 13.8 Å². The van der Waals surface area contributed by atoms with Gasteiger partial charge in [0.1, 0.15) is 0 Å². The van der Waals surface area contributed by atoms with Crippen molar-refractivity contribution >= 4 is 6.09 Å². The molecule has 0 radical (unpaired) electrons. The van der Waals surface area contributed by atoms with Crippen molar-refractivity contribution < 1.29 is 9.53 Å². The van der Waals surface area contributed by atoms with Crippen molar-refractivity contribution in [1.82, 2.24) is 4.90 Å². The van der Waals surface area contributed by atoms with Crippen LogP contribution in [0.25, 0.3) is 0 Å². The van der Waals surface area contributed by atoms with E-state index in [1.807, 2.05) is 4.90 Å². The highest BCUT2D eigenvalue weighted by atomic mass is 16.6. The molecule has 0 unspecified atom stereocenters. The first-order chi connectivity index (χ1) is 7.25. The molecule has 1 amide bonds. The van der Waals surface area contributed by atoms with Crippen LogP contribution in [0.3, 0.4) is 0 Å². The van der Waals surface area contributed by atoms with Crippen LogP contribution in [0.15, 0.2) is 0 Å². The molecule has 0 N–H and O–H groups in total. The first-order valence-corrected chi connectivity index (χ1v) is 6.19. The Morgan fingerprint density at radius 1 is 1.40 bits per heavy atom. The highest BCUT2D eigenvalue weighted by molar-refractivity contribution is 5.68. The van der Waals surface area contributed by atoms with E-state index in [1.165, 1.54) is 6.42 Å². The van der Waals surface area contributed by atoms with Crippen LogP contribution in [0.4, 0.5) is 4.79 Å². The molecule has 1 saturated heterocycles. The van der Waals surface area contributed by atoms with E-state index in [9.17, 15) is 4.79 Å². The van der Waals surface area contributed by atoms with Gasteiger partial charge in [-0.25, -0.2) is 4.79 Å². The average molecular weight is 213 g/mol. The highest BCUT2D eigenvalue weighted by Gasteiger charge is 2.23. The van der Waals surface area contributed by atoms with E-state index in [-0.39, 0.29) is 6.09 Å². The minimum absolute atomic E-state index is 0.113. The van der Waals surface area contributed by atoms with E-state index >= 15 is 0 Å². The van der Waals surface area contributed by atoms with Gasteiger partial charge < -0.3 is 9.64 Å². The third-order valence-electron chi connectivity index (χ3n) is 3.01. The SMILES string of the molecule is CCCCCOC(=O)N1CCCC[C@H]1C. The van der Waals surface area contributed by atoms with Gasteiger partial charge in [-0.1, -0.05) is 19.8 Å². The highest BCUT2D eigenvalue weighted by Crippen LogP contribution is 2.17. The van der Waals surface area contributed by atoms with Crippen LogP contribution < -0.4 is 0 Å². The van der Waals surface area contributed by atoms with Crippen LogP contribution in [0.5, 0.6) is 0 Å². The summed E-state index contributed by atoms with van der Waals surface area (Å²) in [5.74, 6) is 0. The molecule has 0 bridgehead atoms. The van der Waals surface area contributed by atoms with Crippen molar-refractivity contribution in [2.45, 2.75) is 58.4 Å². The van der Waals surface area contributed by atoms with Crippen LogP contribution >= 0.6 is 0 Å². The zero-order chi connectivity index (χ0) is 11.1. The molecule has 0 aromatic rings. The summed E-state index contributed by atoms with van der Waals surface area (Å²) in [5.41, 5.74) is 0. The van der Waals surface area contributed by atoms with Gasteiger partial charge >= 0.3 is 6.09 Å². The van der Waals surface area contributed by atoms with Crippen LogP contribution in [0.1, 0.15) is 52.4 Å². The Hall–Kier alpha value is -0.730. The molecule has 1 heterocycles. The molecule has 88 valence electrons. The number of unbranched alkanes of at least 4 members (excludes halogenated alkanes) is 2. The number of hydrogen-bond donors (Lipinski definition) is 0. The Morgan fingerprint density at radius 3 is 2.87 bits per heavy atom.